The molecule has 0 aliphatic rings. The summed E-state index contributed by atoms with van der Waals surface area (Å²) in [6.07, 6.45) is -2.77. The van der Waals surface area contributed by atoms with Crippen LogP contribution in [0.25, 0.3) is 0 Å². The molecule has 0 radical (unpaired) electrons. The van der Waals surface area contributed by atoms with Gasteiger partial charge in [0.05, 0.1) is 0 Å². The van der Waals surface area contributed by atoms with Gasteiger partial charge in [0.15, 0.2) is 0 Å². The van der Waals surface area contributed by atoms with Crippen molar-refractivity contribution in [2.24, 2.45) is 5.73 Å². The van der Waals surface area contributed by atoms with Gasteiger partial charge in [0.2, 0.25) is 0 Å². The lowest BCUT2D eigenvalue weighted by molar-refractivity contribution is -0.131. The van der Waals surface area contributed by atoms with Crippen molar-refractivity contribution in [3.63, 3.8) is 0 Å². The van der Waals surface area contributed by atoms with Crippen LogP contribution >= 0.6 is 11.8 Å². The first-order chi connectivity index (χ1) is 4.39. The normalized spacial score (nSPS) is 18.6. The highest BCUT2D eigenvalue weighted by Gasteiger charge is 2.41. The number of rotatable bonds is 2. The van der Waals surface area contributed by atoms with Gasteiger partial charge in [0.1, 0.15) is 5.25 Å². The molecule has 5 heteroatoms. The van der Waals surface area contributed by atoms with E-state index in [0.29, 0.717) is 0 Å². The zero-order valence-electron chi connectivity index (χ0n) is 5.77. The fourth-order valence-electron chi connectivity index (χ4n) is 0.646. The highest BCUT2D eigenvalue weighted by atomic mass is 32.2. The Morgan fingerprint density at radius 1 is 1.40 bits per heavy atom. The molecule has 0 fully saturated rings. The molecule has 0 heterocycles. The second-order valence-corrected chi connectivity index (χ2v) is 3.04. The monoisotopic (exact) mass is 173 g/mol. The molecule has 2 N–H and O–H groups in total. The fraction of sp³-hybridized carbons (Fsp3) is 1.00. The molecule has 0 aliphatic carbocycles. The minimum absolute atomic E-state index is 0.735. The molecule has 0 aliphatic heterocycles. The molecule has 0 amide bonds. The Hall–Kier alpha value is 0.100. The van der Waals surface area contributed by atoms with Gasteiger partial charge in [-0.2, -0.15) is 24.9 Å². The minimum Gasteiger partial charge on any atom is -0.327 e. The van der Waals surface area contributed by atoms with Gasteiger partial charge in [-0.3, -0.25) is 0 Å². The predicted octanol–water partition coefficient (Wildman–Crippen LogP) is 1.63. The summed E-state index contributed by atoms with van der Waals surface area (Å²) in [5, 5.41) is -1.44. The van der Waals surface area contributed by atoms with Crippen molar-refractivity contribution in [3.8, 4) is 0 Å². The van der Waals surface area contributed by atoms with E-state index < -0.39 is 17.5 Å². The fourth-order valence-corrected chi connectivity index (χ4v) is 1.34. The van der Waals surface area contributed by atoms with Gasteiger partial charge < -0.3 is 5.73 Å². The van der Waals surface area contributed by atoms with Crippen LogP contribution in [-0.4, -0.2) is 23.7 Å². The van der Waals surface area contributed by atoms with Crippen LogP contribution in [0.5, 0.6) is 0 Å². The average Bonchev–Trinajstić information content (AvgIpc) is 1.60. The molecule has 0 spiro atoms. The van der Waals surface area contributed by atoms with Gasteiger partial charge in [-0.15, -0.1) is 0 Å². The van der Waals surface area contributed by atoms with Gasteiger partial charge in [-0.25, -0.2) is 0 Å². The molecule has 0 saturated carbocycles. The van der Waals surface area contributed by atoms with E-state index in [9.17, 15) is 13.2 Å². The molecule has 10 heavy (non-hydrogen) atoms. The quantitative estimate of drug-likeness (QED) is 0.686. The molecule has 0 aromatic rings. The first-order valence-electron chi connectivity index (χ1n) is 2.74. The van der Waals surface area contributed by atoms with E-state index in [1.807, 2.05) is 0 Å². The van der Waals surface area contributed by atoms with Crippen molar-refractivity contribution in [3.05, 3.63) is 0 Å². The van der Waals surface area contributed by atoms with Crippen molar-refractivity contribution < 1.29 is 13.2 Å². The molecule has 1 nitrogen and oxygen atoms in total. The summed E-state index contributed by atoms with van der Waals surface area (Å²) in [4.78, 5) is 0. The van der Waals surface area contributed by atoms with Crippen LogP contribution in [-0.2, 0) is 0 Å². The second kappa shape index (κ2) is 3.48. The summed E-state index contributed by atoms with van der Waals surface area (Å²) in [5.41, 5.74) is 5.09. The van der Waals surface area contributed by atoms with Crippen molar-refractivity contribution >= 4 is 11.8 Å². The lowest BCUT2D eigenvalue weighted by Gasteiger charge is -2.20. The maximum atomic E-state index is 11.9. The summed E-state index contributed by atoms with van der Waals surface area (Å²) in [6, 6.07) is -0.838. The third-order valence-corrected chi connectivity index (χ3v) is 2.26. The lowest BCUT2D eigenvalue weighted by atomic mass is 10.2. The van der Waals surface area contributed by atoms with E-state index in [4.69, 9.17) is 5.73 Å². The summed E-state index contributed by atoms with van der Waals surface area (Å²) in [7, 11) is 0. The Morgan fingerprint density at radius 2 is 1.80 bits per heavy atom. The third kappa shape index (κ3) is 2.79. The van der Waals surface area contributed by atoms with Crippen LogP contribution in [0, 0.1) is 0 Å². The number of nitrogens with two attached hydrogens (primary N) is 1. The Balaban J connectivity index is 4.07. The Labute approximate surface area is 62.2 Å². The molecular formula is C5H10F3NS. The van der Waals surface area contributed by atoms with Crippen LogP contribution in [0.1, 0.15) is 6.92 Å². The number of hydrogen-bond acceptors (Lipinski definition) is 2. The molecular weight excluding hydrogens is 163 g/mol. The zero-order valence-corrected chi connectivity index (χ0v) is 6.59. The number of alkyl halides is 3. The van der Waals surface area contributed by atoms with Crippen molar-refractivity contribution in [1.82, 2.24) is 0 Å². The first kappa shape index (κ1) is 10.1. The Bertz CT molecular complexity index is 102. The van der Waals surface area contributed by atoms with E-state index in [0.717, 1.165) is 11.8 Å². The smallest absolute Gasteiger partial charge is 0.327 e. The Kier molecular flexibility index (Phi) is 3.51. The topological polar surface area (TPSA) is 26.0 Å². The van der Waals surface area contributed by atoms with Crippen LogP contribution in [0.3, 0.4) is 0 Å². The average molecular weight is 173 g/mol. The minimum atomic E-state index is -4.17. The highest BCUT2D eigenvalue weighted by Crippen LogP contribution is 2.30. The van der Waals surface area contributed by atoms with E-state index in [2.05, 4.69) is 0 Å². The van der Waals surface area contributed by atoms with Crippen molar-refractivity contribution in [1.29, 1.82) is 0 Å². The SMILES string of the molecule is CSC(C(C)N)C(F)(F)F. The van der Waals surface area contributed by atoms with E-state index in [1.54, 1.807) is 0 Å². The van der Waals surface area contributed by atoms with Crippen LogP contribution in [0.4, 0.5) is 13.2 Å². The highest BCUT2D eigenvalue weighted by molar-refractivity contribution is 7.99. The third-order valence-electron chi connectivity index (χ3n) is 1.05. The molecule has 0 rings (SSSR count). The van der Waals surface area contributed by atoms with Crippen LogP contribution < -0.4 is 5.73 Å². The molecule has 0 aromatic heterocycles. The van der Waals surface area contributed by atoms with Gasteiger partial charge in [0, 0.05) is 6.04 Å². The molecule has 62 valence electrons. The molecule has 2 unspecified atom stereocenters. The van der Waals surface area contributed by atoms with Crippen LogP contribution in [0.15, 0.2) is 0 Å². The second-order valence-electron chi connectivity index (χ2n) is 2.06. The number of thioether (sulfide) groups is 1. The van der Waals surface area contributed by atoms with Gasteiger partial charge in [-0.1, -0.05) is 0 Å². The van der Waals surface area contributed by atoms with E-state index in [1.165, 1.54) is 13.2 Å². The standard InChI is InChI=1S/C5H10F3NS/c1-3(9)4(10-2)5(6,7)8/h3-4H,9H2,1-2H3. The van der Waals surface area contributed by atoms with Gasteiger partial charge in [-0.05, 0) is 13.2 Å². The maximum absolute atomic E-state index is 11.9. The number of hydrogen-bond donors (Lipinski definition) is 1. The lowest BCUT2D eigenvalue weighted by Crippen LogP contribution is -2.40. The predicted molar refractivity (Wildman–Crippen MR) is 37.0 cm³/mol. The number of halogens is 3. The molecule has 2 atom stereocenters. The van der Waals surface area contributed by atoms with E-state index in [-0.39, 0.29) is 0 Å². The Morgan fingerprint density at radius 3 is 1.80 bits per heavy atom. The van der Waals surface area contributed by atoms with Crippen molar-refractivity contribution in [2.45, 2.75) is 24.4 Å². The summed E-state index contributed by atoms with van der Waals surface area (Å²) in [6.45, 7) is 1.36. The zero-order chi connectivity index (χ0) is 8.36. The summed E-state index contributed by atoms with van der Waals surface area (Å²) in [5.74, 6) is 0. The maximum Gasteiger partial charge on any atom is 0.402 e. The molecule has 0 saturated heterocycles. The van der Waals surface area contributed by atoms with Crippen molar-refractivity contribution in [2.75, 3.05) is 6.26 Å². The molecule has 0 aromatic carbocycles. The summed E-state index contributed by atoms with van der Waals surface area (Å²) < 4.78 is 35.6. The first-order valence-corrected chi connectivity index (χ1v) is 4.03. The van der Waals surface area contributed by atoms with Gasteiger partial charge >= 0.3 is 6.18 Å². The largest absolute Gasteiger partial charge is 0.402 e. The van der Waals surface area contributed by atoms with Gasteiger partial charge in [0.25, 0.3) is 0 Å². The van der Waals surface area contributed by atoms with Crippen LogP contribution in [0.2, 0.25) is 0 Å². The summed E-state index contributed by atoms with van der Waals surface area (Å²) >= 11 is 0.735. The molecule has 0 bridgehead atoms. The van der Waals surface area contributed by atoms with E-state index >= 15 is 0 Å².